The Morgan fingerprint density at radius 2 is 1.80 bits per heavy atom. The van der Waals surface area contributed by atoms with Gasteiger partial charge in [0, 0.05) is 6.42 Å². The molecule has 0 aromatic heterocycles. The van der Waals surface area contributed by atoms with E-state index in [1.165, 1.54) is 6.92 Å². The summed E-state index contributed by atoms with van der Waals surface area (Å²) in [5.41, 5.74) is 8.84. The Morgan fingerprint density at radius 3 is 2.13 bits per heavy atom. The van der Waals surface area contributed by atoms with Gasteiger partial charge in [0.1, 0.15) is 5.54 Å². The monoisotopic (exact) mass is 218 g/mol. The molecule has 2 unspecified atom stereocenters. The molecule has 0 saturated carbocycles. The summed E-state index contributed by atoms with van der Waals surface area (Å²) in [6, 6.07) is -1.22. The summed E-state index contributed by atoms with van der Waals surface area (Å²) in [5.74, 6) is -3.23. The number of rotatable bonds is 6. The molecule has 0 saturated heterocycles. The van der Waals surface area contributed by atoms with Crippen LogP contribution >= 0.6 is 0 Å². The molecule has 0 aliphatic rings. The van der Waals surface area contributed by atoms with E-state index in [1.807, 2.05) is 0 Å². The molecule has 0 heterocycles. The third-order valence-corrected chi connectivity index (χ3v) is 1.84. The van der Waals surface area contributed by atoms with Crippen molar-refractivity contribution in [3.63, 3.8) is 0 Å². The number of nitrogens with two attached hydrogens (primary N) is 2. The van der Waals surface area contributed by atoms with Crippen LogP contribution in [0.25, 0.3) is 0 Å². The lowest BCUT2D eigenvalue weighted by molar-refractivity contribution is -0.145. The molecule has 6 N–H and O–H groups in total. The highest BCUT2D eigenvalue weighted by Crippen LogP contribution is 2.08. The lowest BCUT2D eigenvalue weighted by Crippen LogP contribution is -2.49. The lowest BCUT2D eigenvalue weighted by atomic mass is 9.93. The van der Waals surface area contributed by atoms with Crippen molar-refractivity contribution >= 4 is 17.7 Å². The second-order valence-electron chi connectivity index (χ2n) is 3.57. The van der Waals surface area contributed by atoms with Crippen molar-refractivity contribution in [1.29, 1.82) is 0 Å². The number of ketones is 1. The molecule has 86 valence electrons. The van der Waals surface area contributed by atoms with Gasteiger partial charge in [-0.3, -0.25) is 14.4 Å². The standard InChI is InChI=1S/C8H14N2O5/c1-8(10,7(14)15)3-5(11)4(9)2-6(12)13/h4H,2-3,9-10H2,1H3,(H,12,13)(H,14,15). The summed E-state index contributed by atoms with van der Waals surface area (Å²) in [4.78, 5) is 32.1. The average molecular weight is 218 g/mol. The molecule has 0 bridgehead atoms. The third-order valence-electron chi connectivity index (χ3n) is 1.84. The van der Waals surface area contributed by atoms with E-state index in [4.69, 9.17) is 21.7 Å². The minimum atomic E-state index is -1.72. The van der Waals surface area contributed by atoms with Crippen molar-refractivity contribution in [1.82, 2.24) is 0 Å². The number of carbonyl (C=O) groups is 3. The van der Waals surface area contributed by atoms with Gasteiger partial charge in [-0.05, 0) is 6.92 Å². The highest BCUT2D eigenvalue weighted by molar-refractivity contribution is 5.93. The smallest absolute Gasteiger partial charge is 0.323 e. The minimum absolute atomic E-state index is 0.489. The summed E-state index contributed by atoms with van der Waals surface area (Å²) in [6.07, 6.45) is -1.02. The Bertz CT molecular complexity index is 287. The summed E-state index contributed by atoms with van der Waals surface area (Å²) in [5, 5.41) is 17.0. The molecule has 0 aliphatic heterocycles. The molecule has 15 heavy (non-hydrogen) atoms. The molecule has 0 fully saturated rings. The first-order valence-corrected chi connectivity index (χ1v) is 4.19. The topological polar surface area (TPSA) is 144 Å². The van der Waals surface area contributed by atoms with Crippen molar-refractivity contribution in [2.75, 3.05) is 0 Å². The maximum atomic E-state index is 11.3. The van der Waals surface area contributed by atoms with Gasteiger partial charge < -0.3 is 21.7 Å². The zero-order valence-electron chi connectivity index (χ0n) is 8.27. The van der Waals surface area contributed by atoms with Gasteiger partial charge in [-0.2, -0.15) is 0 Å². The fourth-order valence-corrected chi connectivity index (χ4v) is 0.871. The predicted molar refractivity (Wildman–Crippen MR) is 50.1 cm³/mol. The number of carboxylic acids is 2. The molecule has 0 aromatic carbocycles. The van der Waals surface area contributed by atoms with Crippen molar-refractivity contribution in [3.8, 4) is 0 Å². The number of carboxylic acid groups (broad SMARTS) is 2. The molecule has 0 spiro atoms. The van der Waals surface area contributed by atoms with Crippen LogP contribution in [0.2, 0.25) is 0 Å². The van der Waals surface area contributed by atoms with Crippen LogP contribution in [0.3, 0.4) is 0 Å². The second-order valence-corrected chi connectivity index (χ2v) is 3.57. The molecule has 0 radical (unpaired) electrons. The first kappa shape index (κ1) is 13.5. The average Bonchev–Trinajstić information content (AvgIpc) is 2.01. The highest BCUT2D eigenvalue weighted by atomic mass is 16.4. The number of Topliss-reactive ketones (excluding diaryl/α,β-unsaturated/α-hetero) is 1. The van der Waals surface area contributed by atoms with Gasteiger partial charge in [0.25, 0.3) is 0 Å². The van der Waals surface area contributed by atoms with Gasteiger partial charge in [-0.25, -0.2) is 0 Å². The minimum Gasteiger partial charge on any atom is -0.481 e. The first-order valence-electron chi connectivity index (χ1n) is 4.19. The van der Waals surface area contributed by atoms with Crippen molar-refractivity contribution in [2.45, 2.75) is 31.3 Å². The largest absolute Gasteiger partial charge is 0.481 e. The van der Waals surface area contributed by atoms with E-state index in [0.29, 0.717) is 0 Å². The van der Waals surface area contributed by atoms with E-state index in [9.17, 15) is 14.4 Å². The first-order chi connectivity index (χ1) is 6.66. The number of hydrogen-bond acceptors (Lipinski definition) is 5. The van der Waals surface area contributed by atoms with Gasteiger partial charge in [0.05, 0.1) is 12.5 Å². The fraction of sp³-hybridized carbons (Fsp3) is 0.625. The molecule has 0 aromatic rings. The maximum Gasteiger partial charge on any atom is 0.323 e. The fourth-order valence-electron chi connectivity index (χ4n) is 0.871. The summed E-state index contributed by atoms with van der Waals surface area (Å²) < 4.78 is 0. The van der Waals surface area contributed by atoms with E-state index in [-0.39, 0.29) is 0 Å². The second kappa shape index (κ2) is 4.85. The normalized spacial score (nSPS) is 16.5. The number of aliphatic carboxylic acids is 2. The molecule has 0 aliphatic carbocycles. The van der Waals surface area contributed by atoms with Crippen LogP contribution in [0.5, 0.6) is 0 Å². The molecular weight excluding hydrogens is 204 g/mol. The Hall–Kier alpha value is -1.47. The molecule has 0 amide bonds. The van der Waals surface area contributed by atoms with E-state index in [1.54, 1.807) is 0 Å². The number of hydrogen-bond donors (Lipinski definition) is 4. The molecule has 2 atom stereocenters. The Labute approximate surface area is 86.0 Å². The SMILES string of the molecule is CC(N)(CC(=O)C(N)CC(=O)O)C(=O)O. The zero-order chi connectivity index (χ0) is 12.2. The summed E-state index contributed by atoms with van der Waals surface area (Å²) in [7, 11) is 0. The Balaban J connectivity index is 4.36. The van der Waals surface area contributed by atoms with Gasteiger partial charge >= 0.3 is 11.9 Å². The lowest BCUT2D eigenvalue weighted by Gasteiger charge is -2.19. The van der Waals surface area contributed by atoms with Crippen LogP contribution < -0.4 is 11.5 Å². The van der Waals surface area contributed by atoms with Gasteiger partial charge in [0.15, 0.2) is 5.78 Å². The van der Waals surface area contributed by atoms with Gasteiger partial charge in [-0.1, -0.05) is 0 Å². The predicted octanol–water partition coefficient (Wildman–Crippen LogP) is -1.45. The van der Waals surface area contributed by atoms with Crippen LogP contribution in [0, 0.1) is 0 Å². The van der Waals surface area contributed by atoms with E-state index >= 15 is 0 Å². The van der Waals surface area contributed by atoms with Crippen molar-refractivity contribution < 1.29 is 24.6 Å². The zero-order valence-corrected chi connectivity index (χ0v) is 8.27. The maximum absolute atomic E-state index is 11.3. The molecular formula is C8H14N2O5. The van der Waals surface area contributed by atoms with Gasteiger partial charge in [0.2, 0.25) is 0 Å². The quantitative estimate of drug-likeness (QED) is 0.426. The molecule has 7 nitrogen and oxygen atoms in total. The van der Waals surface area contributed by atoms with Crippen LogP contribution in [-0.4, -0.2) is 39.5 Å². The summed E-state index contributed by atoms with van der Waals surface area (Å²) >= 11 is 0. The van der Waals surface area contributed by atoms with Crippen LogP contribution in [0.1, 0.15) is 19.8 Å². The van der Waals surface area contributed by atoms with E-state index in [2.05, 4.69) is 0 Å². The summed E-state index contributed by atoms with van der Waals surface area (Å²) in [6.45, 7) is 1.17. The van der Waals surface area contributed by atoms with Gasteiger partial charge in [-0.15, -0.1) is 0 Å². The van der Waals surface area contributed by atoms with E-state index in [0.717, 1.165) is 0 Å². The highest BCUT2D eigenvalue weighted by Gasteiger charge is 2.33. The number of carbonyl (C=O) groups excluding carboxylic acids is 1. The molecule has 0 rings (SSSR count). The Morgan fingerprint density at radius 1 is 1.33 bits per heavy atom. The van der Waals surface area contributed by atoms with Crippen molar-refractivity contribution in [3.05, 3.63) is 0 Å². The van der Waals surface area contributed by atoms with Crippen LogP contribution in [0.15, 0.2) is 0 Å². The van der Waals surface area contributed by atoms with E-state index < -0.39 is 42.1 Å². The van der Waals surface area contributed by atoms with Crippen LogP contribution in [0.4, 0.5) is 0 Å². The van der Waals surface area contributed by atoms with Crippen LogP contribution in [-0.2, 0) is 14.4 Å². The molecule has 7 heteroatoms. The third kappa shape index (κ3) is 4.52. The van der Waals surface area contributed by atoms with Crippen molar-refractivity contribution in [2.24, 2.45) is 11.5 Å². The Kier molecular flexibility index (Phi) is 4.38.